The van der Waals surface area contributed by atoms with Gasteiger partial charge in [-0.3, -0.25) is 0 Å². The number of alkyl halides is 1. The van der Waals surface area contributed by atoms with Gasteiger partial charge in [0.2, 0.25) is 0 Å². The van der Waals surface area contributed by atoms with Crippen molar-refractivity contribution in [3.8, 4) is 5.75 Å². The minimum Gasteiger partial charge on any atom is -0.487 e. The molecule has 0 aliphatic carbocycles. The number of carbonyl (C=O) groups is 1. The van der Waals surface area contributed by atoms with Crippen LogP contribution in [0.3, 0.4) is 0 Å². The second kappa shape index (κ2) is 8.68. The van der Waals surface area contributed by atoms with E-state index in [4.69, 9.17) is 4.74 Å². The van der Waals surface area contributed by atoms with Crippen molar-refractivity contribution in [2.24, 2.45) is 0 Å². The van der Waals surface area contributed by atoms with Crippen LogP contribution >= 0.6 is 0 Å². The topological polar surface area (TPSA) is 50.4 Å². The first-order valence-corrected chi connectivity index (χ1v) is 7.37. The summed E-state index contributed by atoms with van der Waals surface area (Å²) in [4.78, 5) is 10.3. The average Bonchev–Trinajstić information content (AvgIpc) is 2.45. The fourth-order valence-electron chi connectivity index (χ4n) is 1.83. The summed E-state index contributed by atoms with van der Waals surface area (Å²) < 4.78 is 31.4. The van der Waals surface area contributed by atoms with Gasteiger partial charge >= 0.3 is 0 Å². The lowest BCUT2D eigenvalue weighted by Crippen LogP contribution is -2.43. The van der Waals surface area contributed by atoms with E-state index >= 15 is 0 Å². The molecule has 4 nitrogen and oxygen atoms in total. The Balaban J connectivity index is 2.58. The van der Waals surface area contributed by atoms with E-state index in [1.807, 2.05) is 13.8 Å². The SMILES string of the molecule is CC(F)COc1cc(NNC(C)(C)CCCC=O)ccc1F. The standard InChI is InChI=1S/C16H24F2N2O2/c1-12(17)11-22-15-10-13(6-7-14(15)18)19-20-16(2,3)8-4-5-9-21/h6-7,9-10,12,19-20H,4-5,8,11H2,1-3H3. The van der Waals surface area contributed by atoms with Gasteiger partial charge in [-0.25, -0.2) is 14.2 Å². The van der Waals surface area contributed by atoms with Crippen molar-refractivity contribution in [2.45, 2.75) is 51.7 Å². The molecule has 1 unspecified atom stereocenters. The van der Waals surface area contributed by atoms with E-state index in [0.717, 1.165) is 19.1 Å². The van der Waals surface area contributed by atoms with E-state index in [2.05, 4.69) is 10.9 Å². The van der Waals surface area contributed by atoms with E-state index in [-0.39, 0.29) is 17.9 Å². The van der Waals surface area contributed by atoms with Gasteiger partial charge in [-0.2, -0.15) is 0 Å². The van der Waals surface area contributed by atoms with E-state index < -0.39 is 12.0 Å². The summed E-state index contributed by atoms with van der Waals surface area (Å²) in [6.45, 7) is 5.15. The van der Waals surface area contributed by atoms with Gasteiger partial charge < -0.3 is 15.0 Å². The second-order valence-electron chi connectivity index (χ2n) is 5.93. The number of aldehydes is 1. The minimum atomic E-state index is -1.16. The Labute approximate surface area is 130 Å². The Morgan fingerprint density at radius 3 is 2.77 bits per heavy atom. The molecule has 0 amide bonds. The summed E-state index contributed by atoms with van der Waals surface area (Å²) in [6.07, 6.45) is 1.87. The molecule has 2 N–H and O–H groups in total. The molecule has 0 saturated carbocycles. The van der Waals surface area contributed by atoms with Gasteiger partial charge in [0.25, 0.3) is 0 Å². The molecule has 0 aromatic heterocycles. The number of hydrazine groups is 1. The molecule has 0 radical (unpaired) electrons. The van der Waals surface area contributed by atoms with Crippen molar-refractivity contribution in [3.63, 3.8) is 0 Å². The molecule has 1 aromatic carbocycles. The molecule has 0 heterocycles. The number of ether oxygens (including phenoxy) is 1. The molecule has 1 rings (SSSR count). The van der Waals surface area contributed by atoms with Crippen molar-refractivity contribution in [2.75, 3.05) is 12.0 Å². The van der Waals surface area contributed by atoms with E-state index in [9.17, 15) is 13.6 Å². The maximum absolute atomic E-state index is 13.6. The Bertz CT molecular complexity index is 479. The van der Waals surface area contributed by atoms with Crippen LogP contribution in [-0.4, -0.2) is 24.6 Å². The van der Waals surface area contributed by atoms with Crippen molar-refractivity contribution in [1.29, 1.82) is 0 Å². The minimum absolute atomic E-state index is 0.00932. The van der Waals surface area contributed by atoms with Gasteiger partial charge in [0.15, 0.2) is 11.6 Å². The van der Waals surface area contributed by atoms with Crippen LogP contribution in [-0.2, 0) is 4.79 Å². The van der Waals surface area contributed by atoms with Crippen LogP contribution < -0.4 is 15.6 Å². The molecule has 0 aliphatic rings. The maximum Gasteiger partial charge on any atom is 0.165 e. The van der Waals surface area contributed by atoms with Crippen LogP contribution in [0.1, 0.15) is 40.0 Å². The fraction of sp³-hybridized carbons (Fsp3) is 0.562. The van der Waals surface area contributed by atoms with Crippen molar-refractivity contribution < 1.29 is 18.3 Å². The number of benzene rings is 1. The summed E-state index contributed by atoms with van der Waals surface area (Å²) >= 11 is 0. The monoisotopic (exact) mass is 314 g/mol. The highest BCUT2D eigenvalue weighted by Gasteiger charge is 2.16. The van der Waals surface area contributed by atoms with Crippen LogP contribution in [0, 0.1) is 5.82 Å². The molecule has 1 atom stereocenters. The Morgan fingerprint density at radius 1 is 1.41 bits per heavy atom. The van der Waals surface area contributed by atoms with Crippen LogP contribution in [0.5, 0.6) is 5.75 Å². The lowest BCUT2D eigenvalue weighted by molar-refractivity contribution is -0.108. The first-order valence-electron chi connectivity index (χ1n) is 7.37. The first-order chi connectivity index (χ1) is 10.3. The average molecular weight is 314 g/mol. The van der Waals surface area contributed by atoms with Gasteiger partial charge in [0, 0.05) is 18.0 Å². The van der Waals surface area contributed by atoms with Gasteiger partial charge in [0.05, 0.1) is 5.69 Å². The molecule has 0 spiro atoms. The summed E-state index contributed by atoms with van der Waals surface area (Å²) in [6, 6.07) is 4.31. The summed E-state index contributed by atoms with van der Waals surface area (Å²) in [5, 5.41) is 0. The van der Waals surface area contributed by atoms with Crippen LogP contribution in [0.4, 0.5) is 14.5 Å². The van der Waals surface area contributed by atoms with Crippen molar-refractivity contribution in [3.05, 3.63) is 24.0 Å². The van der Waals surface area contributed by atoms with Crippen molar-refractivity contribution in [1.82, 2.24) is 5.43 Å². The predicted octanol–water partition coefficient (Wildman–Crippen LogP) is 3.63. The van der Waals surface area contributed by atoms with Gasteiger partial charge in [-0.05, 0) is 45.7 Å². The van der Waals surface area contributed by atoms with Gasteiger partial charge in [-0.1, -0.05) is 0 Å². The number of halogens is 2. The smallest absolute Gasteiger partial charge is 0.165 e. The molecule has 1 aromatic rings. The largest absolute Gasteiger partial charge is 0.487 e. The molecule has 6 heteroatoms. The normalized spacial score (nSPS) is 12.8. The zero-order valence-electron chi connectivity index (χ0n) is 13.3. The van der Waals surface area contributed by atoms with Crippen LogP contribution in [0.25, 0.3) is 0 Å². The first kappa shape index (κ1) is 18.4. The third-order valence-electron chi connectivity index (χ3n) is 3.07. The Kier molecular flexibility index (Phi) is 7.24. The molecule has 124 valence electrons. The zero-order chi connectivity index (χ0) is 16.6. The quantitative estimate of drug-likeness (QED) is 0.393. The molecule has 0 fully saturated rings. The van der Waals surface area contributed by atoms with Crippen LogP contribution in [0.15, 0.2) is 18.2 Å². The number of hydrogen-bond acceptors (Lipinski definition) is 4. The lowest BCUT2D eigenvalue weighted by atomic mass is 9.98. The molecular weight excluding hydrogens is 290 g/mol. The third kappa shape index (κ3) is 6.85. The van der Waals surface area contributed by atoms with Gasteiger partial charge in [-0.15, -0.1) is 0 Å². The maximum atomic E-state index is 13.6. The number of nitrogens with one attached hydrogen (secondary N) is 2. The molecular formula is C16H24F2N2O2. The fourth-order valence-corrected chi connectivity index (χ4v) is 1.83. The molecule has 0 aliphatic heterocycles. The van der Waals surface area contributed by atoms with E-state index in [1.165, 1.54) is 19.1 Å². The molecule has 0 saturated heterocycles. The highest BCUT2D eigenvalue weighted by atomic mass is 19.1. The Morgan fingerprint density at radius 2 is 2.14 bits per heavy atom. The number of rotatable bonds is 10. The zero-order valence-corrected chi connectivity index (χ0v) is 13.3. The van der Waals surface area contributed by atoms with E-state index in [1.54, 1.807) is 6.07 Å². The number of anilines is 1. The van der Waals surface area contributed by atoms with Crippen LogP contribution in [0.2, 0.25) is 0 Å². The number of unbranched alkanes of at least 4 members (excludes halogenated alkanes) is 1. The molecule has 0 bridgehead atoms. The van der Waals surface area contributed by atoms with E-state index in [0.29, 0.717) is 12.1 Å². The second-order valence-corrected chi connectivity index (χ2v) is 5.93. The summed E-state index contributed by atoms with van der Waals surface area (Å²) in [5.41, 5.74) is 6.50. The number of carbonyl (C=O) groups excluding carboxylic acids is 1. The Hall–Kier alpha value is -1.69. The van der Waals surface area contributed by atoms with Gasteiger partial charge in [0.1, 0.15) is 19.1 Å². The summed E-state index contributed by atoms with van der Waals surface area (Å²) in [7, 11) is 0. The highest BCUT2D eigenvalue weighted by molar-refractivity contribution is 5.49. The predicted molar refractivity (Wildman–Crippen MR) is 83.2 cm³/mol. The highest BCUT2D eigenvalue weighted by Crippen LogP contribution is 2.22. The third-order valence-corrected chi connectivity index (χ3v) is 3.07. The summed E-state index contributed by atoms with van der Waals surface area (Å²) in [5.74, 6) is -0.522. The number of hydrogen-bond donors (Lipinski definition) is 2. The lowest BCUT2D eigenvalue weighted by Gasteiger charge is -2.27. The molecule has 22 heavy (non-hydrogen) atoms. The van der Waals surface area contributed by atoms with Crippen molar-refractivity contribution >= 4 is 12.0 Å².